The second-order valence-electron chi connectivity index (χ2n) is 39.3. The van der Waals surface area contributed by atoms with Gasteiger partial charge in [0.15, 0.2) is 6.61 Å². The van der Waals surface area contributed by atoms with Gasteiger partial charge >= 0.3 is 42.7 Å². The van der Waals surface area contributed by atoms with E-state index in [4.69, 9.17) is 70.5 Å². The van der Waals surface area contributed by atoms with Gasteiger partial charge in [-0.15, -0.1) is 24.8 Å². The van der Waals surface area contributed by atoms with Gasteiger partial charge in [-0.3, -0.25) is 20.0 Å². The molecule has 0 saturated heterocycles. The van der Waals surface area contributed by atoms with E-state index in [1.54, 1.807) is 162 Å². The number of alkyl carbamates (subject to hydrolysis) is 4. The lowest BCUT2D eigenvalue weighted by Gasteiger charge is -2.29. The van der Waals surface area contributed by atoms with Crippen molar-refractivity contribution >= 4 is 155 Å². The third-order valence-electron chi connectivity index (χ3n) is 21.0. The number of ether oxygens (including phenoxy) is 9. The number of amides is 8. The summed E-state index contributed by atoms with van der Waals surface area (Å²) in [7, 11) is 1.65. The van der Waals surface area contributed by atoms with Gasteiger partial charge in [0.25, 0.3) is 0 Å². The minimum absolute atomic E-state index is 0. The summed E-state index contributed by atoms with van der Waals surface area (Å²) in [6, 6.07) is 55.4. The van der Waals surface area contributed by atoms with Crippen molar-refractivity contribution in [2.75, 3.05) is 53.1 Å². The van der Waals surface area contributed by atoms with Gasteiger partial charge in [0, 0.05) is 161 Å². The Morgan fingerprint density at radius 1 is 0.438 bits per heavy atom. The number of aromatic nitrogens is 5. The summed E-state index contributed by atoms with van der Waals surface area (Å²) < 4.78 is 49.2. The van der Waals surface area contributed by atoms with Crippen molar-refractivity contribution in [3.63, 3.8) is 0 Å². The van der Waals surface area contributed by atoms with Gasteiger partial charge in [-0.05, 0) is 213 Å². The Morgan fingerprint density at radius 3 is 1.35 bits per heavy atom. The zero-order valence-corrected chi connectivity index (χ0v) is 88.2. The Labute approximate surface area is 862 Å². The van der Waals surface area contributed by atoms with Crippen LogP contribution in [0.4, 0.5) is 33.6 Å². The van der Waals surface area contributed by atoms with Crippen molar-refractivity contribution in [3.05, 3.63) is 267 Å². The van der Waals surface area contributed by atoms with E-state index in [0.717, 1.165) is 104 Å². The molecule has 144 heavy (non-hydrogen) atoms. The molecule has 0 radical (unpaired) electrons. The highest BCUT2D eigenvalue weighted by Gasteiger charge is 2.36. The number of aromatic amines is 5. The topological polar surface area (TPSA) is 479 Å². The number of carbonyl (C=O) groups excluding carboxylic acids is 8. The highest BCUT2D eigenvalue weighted by molar-refractivity contribution is 9.10. The van der Waals surface area contributed by atoms with E-state index in [9.17, 15) is 48.8 Å². The lowest BCUT2D eigenvalue weighted by Crippen LogP contribution is -2.43. The molecule has 5 heterocycles. The molecule has 8 amide bonds. The van der Waals surface area contributed by atoms with Crippen molar-refractivity contribution in [1.29, 1.82) is 0 Å². The second kappa shape index (κ2) is 51.8. The molecule has 5 aromatic heterocycles. The Hall–Kier alpha value is -13.3. The van der Waals surface area contributed by atoms with Crippen LogP contribution < -0.4 is 48.3 Å². The first kappa shape index (κ1) is 116. The number of fused-ring (bicyclic) bond motifs is 8. The number of rotatable bonds is 26. The SMILES string of the molecule is CC(C)(C)OC(=O)NCC(NC(=O)OC(C)(C)C)c1c[nH]c2cc(Br)ccc12.CC(C)(C)OC(=O)NCC(c1c[nH]c2ccc(Cl)cc12)N(O)C(=O)OC(C)(C)C.CC(C)(C)OC(=O)NCC(c1c[nH]c2ccccc12)N(O)C(=O)OC(C)(C)C.COc1ccc2c(C(N)CN)c[nH]c2c1.Cl.Cl.O=C(CONC(=O)OCC1c2ccccc2-c2ccccc21)NC(COCc1ccccc1)c1c[nH]c2ccccc12. The first-order valence-electron chi connectivity index (χ1n) is 46.1. The number of hydrogen-bond acceptors (Lipinski definition) is 22. The predicted molar refractivity (Wildman–Crippen MR) is 562 cm³/mol. The molecule has 776 valence electrons. The predicted octanol–water partition coefficient (Wildman–Crippen LogP) is 22.4. The summed E-state index contributed by atoms with van der Waals surface area (Å²) in [5.41, 5.74) is 23.6. The Morgan fingerprint density at radius 2 is 0.847 bits per heavy atom. The Bertz CT molecular complexity index is 6400. The van der Waals surface area contributed by atoms with Gasteiger partial charge in [-0.1, -0.05) is 149 Å². The van der Waals surface area contributed by atoms with Crippen molar-refractivity contribution in [2.24, 2.45) is 11.5 Å². The first-order valence-corrected chi connectivity index (χ1v) is 47.3. The number of nitrogens with two attached hydrogens (primary N) is 2. The van der Waals surface area contributed by atoms with Gasteiger partial charge in [0.2, 0.25) is 5.91 Å². The number of methoxy groups -OCH3 is 1. The zero-order valence-electron chi connectivity index (χ0n) is 84.2. The molecule has 8 aromatic carbocycles. The van der Waals surface area contributed by atoms with Crippen molar-refractivity contribution in [3.8, 4) is 16.9 Å². The summed E-state index contributed by atoms with van der Waals surface area (Å²) in [5.74, 6) is 0.351. The maximum Gasteiger partial charge on any atom is 0.434 e. The molecule has 0 bridgehead atoms. The molecule has 13 aromatic rings. The van der Waals surface area contributed by atoms with Crippen LogP contribution in [0.3, 0.4) is 0 Å². The molecule has 0 spiro atoms. The number of benzene rings is 8. The molecule has 0 fully saturated rings. The summed E-state index contributed by atoms with van der Waals surface area (Å²) in [6.07, 6.45) is 3.90. The van der Waals surface area contributed by atoms with Crippen LogP contribution >= 0.6 is 52.3 Å². The van der Waals surface area contributed by atoms with Gasteiger partial charge in [-0.25, -0.2) is 33.6 Å². The van der Waals surface area contributed by atoms with Gasteiger partial charge < -0.3 is 106 Å². The zero-order chi connectivity index (χ0) is 104. The molecule has 5 atom stereocenters. The number of hydrogen-bond donors (Lipinski definition) is 15. The normalized spacial score (nSPS) is 12.8. The maximum atomic E-state index is 12.8. The Kier molecular flexibility index (Phi) is 41.7. The van der Waals surface area contributed by atoms with E-state index in [2.05, 4.69) is 97.2 Å². The van der Waals surface area contributed by atoms with E-state index < -0.39 is 106 Å². The summed E-state index contributed by atoms with van der Waals surface area (Å²) in [5, 5.41) is 40.9. The monoisotopic (exact) mass is 2110 g/mol. The van der Waals surface area contributed by atoms with Crippen LogP contribution in [0.1, 0.15) is 205 Å². The summed E-state index contributed by atoms with van der Waals surface area (Å²) in [6.45, 7) is 32.3. The van der Waals surface area contributed by atoms with Gasteiger partial charge in [0.05, 0.1) is 32.4 Å². The molecule has 39 heteroatoms. The summed E-state index contributed by atoms with van der Waals surface area (Å²) >= 11 is 9.56. The van der Waals surface area contributed by atoms with Crippen LogP contribution in [0.25, 0.3) is 65.6 Å². The fourth-order valence-corrected chi connectivity index (χ4v) is 15.6. The third kappa shape index (κ3) is 35.1. The van der Waals surface area contributed by atoms with Crippen LogP contribution in [0.15, 0.2) is 217 Å². The van der Waals surface area contributed by atoms with E-state index in [1.807, 2.05) is 158 Å². The minimum atomic E-state index is -0.940. The lowest BCUT2D eigenvalue weighted by atomic mass is 9.98. The molecule has 17 N–H and O–H groups in total. The number of H-pyrrole nitrogens is 5. The largest absolute Gasteiger partial charge is 0.497 e. The van der Waals surface area contributed by atoms with Gasteiger partial charge in [-0.2, -0.15) is 15.6 Å². The van der Waals surface area contributed by atoms with Crippen LogP contribution in [0.2, 0.25) is 5.02 Å². The highest BCUT2D eigenvalue weighted by atomic mass is 79.9. The first-order chi connectivity index (χ1) is 66.9. The van der Waals surface area contributed by atoms with E-state index in [-0.39, 0.29) is 76.2 Å². The number of hydroxylamine groups is 5. The van der Waals surface area contributed by atoms with Crippen LogP contribution in [0.5, 0.6) is 5.75 Å². The molecule has 35 nitrogen and oxygen atoms in total. The molecule has 5 unspecified atom stereocenters. The standard InChI is InChI=1S/C34H31N3O5.C20H28BrN3O4.C20H28ClN3O5.C20H29N3O5.C11H15N3O.2ClH/c38-33(22-42-37-34(39)41-20-30-26-14-6-4-12-24(26)25-13-5-7-15-27(25)30)36-32(21-40-19-23-10-2-1-3-11-23)29-18-35-31-17-9-8-16-28(29)31;1-19(2,3)27-17(25)23-11-16(24-18(26)28-20(4,5)6)14-10-22-15-9-12(21)7-8-13(14)15;1-19(2,3)28-17(25)23-11-16(24(27)18(26)29-20(4,5)6)14-10-22-15-8-7-12(21)9-13(14)15;1-19(2,3)27-17(24)22-12-16(23(26)18(25)28-20(4,5)6)14-11-21-15-10-8-7-9-13(14)15;1-15-7-2-3-8-9(10(13)5-12)6-14-11(8)4-7;;/h1-18,30,32,35H,19-22H2,(H,36,38)(H,37,39);7-10,16,22H,11H2,1-6H3,(H,23,25)(H,24,26);7-10,16,22,27H,11H2,1-6H3,(H,23,25);7-11,16,21,26H,12H2,1-6H3,(H,22,24);2-4,6,10,14H,5,12-13H2,1H3;2*1H. The van der Waals surface area contributed by atoms with Crippen molar-refractivity contribution in [1.82, 2.24) is 67.1 Å². The van der Waals surface area contributed by atoms with Crippen molar-refractivity contribution in [2.45, 2.75) is 201 Å². The van der Waals surface area contributed by atoms with Crippen LogP contribution in [0, 0.1) is 0 Å². The molecule has 1 aliphatic rings. The molecular weight excluding hydrogens is 1980 g/mol. The molecule has 0 aliphatic heterocycles. The minimum Gasteiger partial charge on any atom is -0.497 e. The number of nitrogens with one attached hydrogen (secondary N) is 11. The fourth-order valence-electron chi connectivity index (χ4n) is 15.0. The fraction of sp³-hybridized carbons (Fsp3) is 0.371. The number of nitrogens with zero attached hydrogens (tertiary/aromatic N) is 2. The van der Waals surface area contributed by atoms with E-state index in [0.29, 0.717) is 44.8 Å². The second-order valence-corrected chi connectivity index (χ2v) is 40.7. The van der Waals surface area contributed by atoms with Crippen molar-refractivity contribution < 1.29 is 96.2 Å². The maximum absolute atomic E-state index is 12.8. The van der Waals surface area contributed by atoms with Crippen LogP contribution in [-0.2, 0) is 54.1 Å². The van der Waals surface area contributed by atoms with E-state index >= 15 is 0 Å². The molecule has 0 saturated carbocycles. The quantitative estimate of drug-likeness (QED) is 0.0136. The summed E-state index contributed by atoms with van der Waals surface area (Å²) in [4.78, 5) is 120. The number of halogens is 4. The average Bonchev–Trinajstić information content (AvgIpc) is 1.61. The molecular formula is C105H133BrCl3N15O20. The molecule has 1 aliphatic carbocycles. The smallest absolute Gasteiger partial charge is 0.434 e. The number of para-hydroxylation sites is 2. The highest BCUT2D eigenvalue weighted by Crippen LogP contribution is 2.45. The van der Waals surface area contributed by atoms with E-state index in [1.165, 1.54) is 0 Å². The van der Waals surface area contributed by atoms with Gasteiger partial charge in [0.1, 0.15) is 58.0 Å². The Balaban J connectivity index is 0.000000226. The number of carbonyl (C=O) groups is 8. The lowest BCUT2D eigenvalue weighted by molar-refractivity contribution is -0.129. The third-order valence-corrected chi connectivity index (χ3v) is 21.8. The van der Waals surface area contributed by atoms with Crippen LogP contribution in [-0.4, -0.2) is 181 Å². The molecule has 14 rings (SSSR count). The average molecular weight is 2110 g/mol.